The SMILES string of the molecule is C1=Cc2cc3c(cc2=C1)C[Te]C=3. The molecule has 0 N–H and O–H groups in total. The number of allylic oxidation sites excluding steroid dienone is 1. The molecule has 1 aromatic carbocycles. The van der Waals surface area contributed by atoms with E-state index >= 15 is 0 Å². The van der Waals surface area contributed by atoms with Crippen molar-refractivity contribution in [3.8, 4) is 0 Å². The molecule has 1 heteroatoms. The summed E-state index contributed by atoms with van der Waals surface area (Å²) in [6, 6.07) is 4.70. The average molecular weight is 268 g/mol. The van der Waals surface area contributed by atoms with Crippen LogP contribution in [-0.2, 0) is 4.47 Å². The number of fused-ring (bicyclic) bond motifs is 2. The number of hydrogen-bond donors (Lipinski definition) is 0. The Hall–Kier alpha value is -0.510. The van der Waals surface area contributed by atoms with E-state index < -0.39 is 0 Å². The molecule has 0 unspecified atom stereocenters. The molecular weight excluding hydrogens is 260 g/mol. The molecule has 1 aliphatic heterocycles. The fourth-order valence-electron chi connectivity index (χ4n) is 1.70. The Balaban J connectivity index is 2.45. The van der Waals surface area contributed by atoms with Crippen LogP contribution in [0.5, 0.6) is 0 Å². The van der Waals surface area contributed by atoms with Gasteiger partial charge in [-0.15, -0.1) is 0 Å². The van der Waals surface area contributed by atoms with Gasteiger partial charge in [0.2, 0.25) is 0 Å². The fourth-order valence-corrected chi connectivity index (χ4v) is 4.30. The van der Waals surface area contributed by atoms with E-state index in [-0.39, 0.29) is 20.9 Å². The van der Waals surface area contributed by atoms with E-state index in [0.29, 0.717) is 0 Å². The topological polar surface area (TPSA) is 0 Å². The van der Waals surface area contributed by atoms with Gasteiger partial charge in [0.05, 0.1) is 0 Å². The maximum atomic E-state index is 2.47. The van der Waals surface area contributed by atoms with E-state index in [1.54, 1.807) is 5.56 Å². The van der Waals surface area contributed by atoms with Crippen molar-refractivity contribution < 1.29 is 0 Å². The Labute approximate surface area is 81.4 Å². The molecule has 0 saturated heterocycles. The van der Waals surface area contributed by atoms with Gasteiger partial charge in [-0.05, 0) is 0 Å². The van der Waals surface area contributed by atoms with Gasteiger partial charge in [-0.1, -0.05) is 0 Å². The van der Waals surface area contributed by atoms with Crippen LogP contribution in [-0.4, -0.2) is 20.9 Å². The van der Waals surface area contributed by atoms with E-state index in [1.807, 2.05) is 0 Å². The monoisotopic (exact) mass is 270 g/mol. The Morgan fingerprint density at radius 1 is 1.17 bits per heavy atom. The fraction of sp³-hybridized carbons (Fsp3) is 0.0909. The predicted molar refractivity (Wildman–Crippen MR) is 53.1 cm³/mol. The minimum atomic E-state index is 0.182. The molecule has 0 spiro atoms. The van der Waals surface area contributed by atoms with Crippen molar-refractivity contribution in [2.45, 2.75) is 4.47 Å². The van der Waals surface area contributed by atoms with Crippen LogP contribution in [0.15, 0.2) is 18.2 Å². The molecule has 1 heterocycles. The summed E-state index contributed by atoms with van der Waals surface area (Å²) >= 11 is 0.182. The average Bonchev–Trinajstić information content (AvgIpc) is 2.64. The van der Waals surface area contributed by atoms with Gasteiger partial charge in [-0.3, -0.25) is 0 Å². The summed E-state index contributed by atoms with van der Waals surface area (Å²) in [6.45, 7) is 0. The quantitative estimate of drug-likeness (QED) is 0.599. The third-order valence-corrected chi connectivity index (χ3v) is 4.91. The Kier molecular flexibility index (Phi) is 1.44. The third kappa shape index (κ3) is 0.905. The Bertz CT molecular complexity index is 480. The van der Waals surface area contributed by atoms with Gasteiger partial charge in [0, 0.05) is 0 Å². The molecule has 0 fully saturated rings. The number of rotatable bonds is 0. The molecule has 2 aliphatic rings. The van der Waals surface area contributed by atoms with Gasteiger partial charge in [-0.25, -0.2) is 0 Å². The molecule has 0 nitrogen and oxygen atoms in total. The van der Waals surface area contributed by atoms with Crippen molar-refractivity contribution in [3.05, 3.63) is 39.8 Å². The third-order valence-electron chi connectivity index (χ3n) is 2.35. The van der Waals surface area contributed by atoms with E-state index in [9.17, 15) is 0 Å². The molecule has 0 bridgehead atoms. The van der Waals surface area contributed by atoms with E-state index in [4.69, 9.17) is 0 Å². The second kappa shape index (κ2) is 2.49. The van der Waals surface area contributed by atoms with Crippen molar-refractivity contribution in [1.82, 2.24) is 0 Å². The van der Waals surface area contributed by atoms with Crippen molar-refractivity contribution in [2.24, 2.45) is 0 Å². The van der Waals surface area contributed by atoms with Crippen molar-refractivity contribution >= 4 is 37.2 Å². The summed E-state index contributed by atoms with van der Waals surface area (Å²) in [5.41, 5.74) is 2.98. The first-order valence-corrected chi connectivity index (χ1v) is 7.06. The molecule has 3 rings (SSSR count). The van der Waals surface area contributed by atoms with E-state index in [2.05, 4.69) is 34.5 Å². The zero-order chi connectivity index (χ0) is 7.97. The first kappa shape index (κ1) is 6.95. The van der Waals surface area contributed by atoms with E-state index in [0.717, 1.165) is 0 Å². The predicted octanol–water partition coefficient (Wildman–Crippen LogP) is 0.450. The maximum absolute atomic E-state index is 2.47. The molecule has 0 saturated carbocycles. The second-order valence-electron chi connectivity index (χ2n) is 3.13. The first-order valence-electron chi connectivity index (χ1n) is 4.07. The van der Waals surface area contributed by atoms with Gasteiger partial charge >= 0.3 is 81.4 Å². The normalized spacial score (nSPS) is 16.7. The van der Waals surface area contributed by atoms with Gasteiger partial charge in [-0.2, -0.15) is 0 Å². The Morgan fingerprint density at radius 3 is 3.17 bits per heavy atom. The summed E-state index contributed by atoms with van der Waals surface area (Å²) in [5, 5.41) is 2.92. The van der Waals surface area contributed by atoms with Crippen molar-refractivity contribution in [3.63, 3.8) is 0 Å². The van der Waals surface area contributed by atoms with Gasteiger partial charge in [0.1, 0.15) is 0 Å². The van der Waals surface area contributed by atoms with Gasteiger partial charge < -0.3 is 0 Å². The summed E-state index contributed by atoms with van der Waals surface area (Å²) in [6.07, 6.45) is 6.54. The number of hydrogen-bond acceptors (Lipinski definition) is 0. The van der Waals surface area contributed by atoms with Gasteiger partial charge in [0.15, 0.2) is 0 Å². The summed E-state index contributed by atoms with van der Waals surface area (Å²) < 4.78 is 3.83. The van der Waals surface area contributed by atoms with Crippen LogP contribution in [0, 0.1) is 0 Å². The molecule has 0 amide bonds. The second-order valence-corrected chi connectivity index (χ2v) is 5.58. The van der Waals surface area contributed by atoms with E-state index in [1.165, 1.54) is 20.5 Å². The van der Waals surface area contributed by atoms with Crippen molar-refractivity contribution in [2.75, 3.05) is 0 Å². The first-order chi connectivity index (χ1) is 5.93. The molecular formula is C11H8Te. The number of benzene rings is 1. The zero-order valence-electron chi connectivity index (χ0n) is 6.58. The van der Waals surface area contributed by atoms with Crippen LogP contribution in [0.3, 0.4) is 0 Å². The Morgan fingerprint density at radius 2 is 2.17 bits per heavy atom. The molecule has 0 aromatic heterocycles. The van der Waals surface area contributed by atoms with Crippen LogP contribution in [0.1, 0.15) is 11.1 Å². The summed E-state index contributed by atoms with van der Waals surface area (Å²) in [5.74, 6) is 0. The standard InChI is InChI=1S/C11H8Te/c1-2-8-4-10-6-12-7-11(10)5-9(8)3-1/h1-6H,7H2. The summed E-state index contributed by atoms with van der Waals surface area (Å²) in [7, 11) is 0. The van der Waals surface area contributed by atoms with Crippen LogP contribution in [0.4, 0.5) is 0 Å². The molecule has 1 aromatic rings. The molecule has 12 heavy (non-hydrogen) atoms. The minimum absolute atomic E-state index is 0.182. The van der Waals surface area contributed by atoms with Gasteiger partial charge in [0.25, 0.3) is 0 Å². The molecule has 58 valence electrons. The van der Waals surface area contributed by atoms with Crippen LogP contribution < -0.4 is 10.4 Å². The van der Waals surface area contributed by atoms with Crippen molar-refractivity contribution in [1.29, 1.82) is 0 Å². The molecule has 0 atom stereocenters. The molecule has 1 aliphatic carbocycles. The van der Waals surface area contributed by atoms with Crippen LogP contribution in [0.25, 0.3) is 16.3 Å². The molecule has 0 radical (unpaired) electrons. The van der Waals surface area contributed by atoms with Crippen LogP contribution in [0.2, 0.25) is 0 Å². The zero-order valence-corrected chi connectivity index (χ0v) is 8.91. The van der Waals surface area contributed by atoms with Crippen LogP contribution >= 0.6 is 0 Å². The summed E-state index contributed by atoms with van der Waals surface area (Å²) in [4.78, 5) is 0.